The van der Waals surface area contributed by atoms with Crippen molar-refractivity contribution in [1.29, 1.82) is 0 Å². The number of nitrogens with two attached hydrogens (primary N) is 1. The fourth-order valence-corrected chi connectivity index (χ4v) is 3.36. The van der Waals surface area contributed by atoms with Gasteiger partial charge in [0.1, 0.15) is 12.3 Å². The predicted octanol–water partition coefficient (Wildman–Crippen LogP) is 2.17. The summed E-state index contributed by atoms with van der Waals surface area (Å²) in [5.74, 6) is -2.04. The molecule has 0 bridgehead atoms. The molecule has 142 valence electrons. The van der Waals surface area contributed by atoms with Crippen LogP contribution in [-0.2, 0) is 9.59 Å². The van der Waals surface area contributed by atoms with Gasteiger partial charge in [-0.05, 0) is 36.0 Å². The number of hydrogen-bond acceptors (Lipinski definition) is 6. The van der Waals surface area contributed by atoms with Crippen LogP contribution in [0.25, 0.3) is 6.08 Å². The summed E-state index contributed by atoms with van der Waals surface area (Å²) in [6, 6.07) is 12.5. The second-order valence-corrected chi connectivity index (χ2v) is 6.78. The smallest absolute Gasteiger partial charge is 0.294 e. The Balaban J connectivity index is 1.74. The zero-order chi connectivity index (χ0) is 20.3. The maximum absolute atomic E-state index is 12.5. The Morgan fingerprint density at radius 2 is 1.79 bits per heavy atom. The normalized spacial score (nSPS) is 15.1. The third kappa shape index (κ3) is 4.04. The molecule has 0 unspecified atom stereocenters. The van der Waals surface area contributed by atoms with Gasteiger partial charge in [-0.25, -0.2) is 0 Å². The lowest BCUT2D eigenvalue weighted by Crippen LogP contribution is -2.36. The second-order valence-electron chi connectivity index (χ2n) is 5.78. The maximum atomic E-state index is 12.5. The van der Waals surface area contributed by atoms with Crippen molar-refractivity contribution in [3.05, 3.63) is 64.6 Å². The van der Waals surface area contributed by atoms with Crippen LogP contribution in [0.1, 0.15) is 15.9 Å². The number of carbonyl (C=O) groups is 4. The quantitative estimate of drug-likeness (QED) is 0.663. The molecular formula is C19H15N3O5S. The van der Waals surface area contributed by atoms with Crippen LogP contribution in [0.15, 0.2) is 53.4 Å². The first-order chi connectivity index (χ1) is 13.4. The Labute approximate surface area is 164 Å². The summed E-state index contributed by atoms with van der Waals surface area (Å²) in [5.41, 5.74) is 5.95. The van der Waals surface area contributed by atoms with Crippen LogP contribution < -0.4 is 11.1 Å². The molecule has 1 heterocycles. The number of carbonyl (C=O) groups excluding carboxylic acids is 4. The van der Waals surface area contributed by atoms with Gasteiger partial charge in [-0.15, -0.1) is 0 Å². The number of nitrogens with one attached hydrogen (secondary N) is 1. The summed E-state index contributed by atoms with van der Waals surface area (Å²) in [6.07, 6.45) is 1.39. The van der Waals surface area contributed by atoms with Crippen LogP contribution in [-0.4, -0.2) is 39.5 Å². The highest BCUT2D eigenvalue weighted by Gasteiger charge is 2.36. The molecule has 0 aromatic heterocycles. The first kappa shape index (κ1) is 19.2. The molecule has 3 rings (SSSR count). The number of aromatic hydroxyl groups is 1. The monoisotopic (exact) mass is 397 g/mol. The largest absolute Gasteiger partial charge is 0.507 e. The van der Waals surface area contributed by atoms with Crippen molar-refractivity contribution in [2.75, 3.05) is 11.9 Å². The summed E-state index contributed by atoms with van der Waals surface area (Å²) in [7, 11) is 0. The van der Waals surface area contributed by atoms with Crippen LogP contribution in [0.5, 0.6) is 5.75 Å². The maximum Gasteiger partial charge on any atom is 0.294 e. The minimum absolute atomic E-state index is 0.0323. The van der Waals surface area contributed by atoms with E-state index >= 15 is 0 Å². The Morgan fingerprint density at radius 3 is 2.50 bits per heavy atom. The molecule has 4 amide bonds. The van der Waals surface area contributed by atoms with Gasteiger partial charge in [0, 0.05) is 5.56 Å². The third-order valence-electron chi connectivity index (χ3n) is 3.87. The van der Waals surface area contributed by atoms with E-state index in [-0.39, 0.29) is 21.9 Å². The third-order valence-corrected chi connectivity index (χ3v) is 4.77. The number of nitrogens with zero attached hydrogens (tertiary/aromatic N) is 1. The fraction of sp³-hybridized carbons (Fsp3) is 0.0526. The number of phenolic OH excluding ortho intramolecular Hbond substituents is 1. The molecule has 2 aromatic rings. The van der Waals surface area contributed by atoms with Crippen molar-refractivity contribution in [2.24, 2.45) is 5.73 Å². The zero-order valence-electron chi connectivity index (χ0n) is 14.4. The standard InChI is InChI=1S/C19H15N3O5S/c20-17(25)12-6-2-3-7-13(12)21-16(24)10-22-18(26)15(28-19(22)27)9-11-5-1-4-8-14(11)23/h1-9,23H,10H2,(H2,20,25)(H,21,24)/b15-9+. The van der Waals surface area contributed by atoms with Gasteiger partial charge in [0.15, 0.2) is 0 Å². The highest BCUT2D eigenvalue weighted by molar-refractivity contribution is 8.18. The van der Waals surface area contributed by atoms with E-state index in [1.165, 1.54) is 24.3 Å². The number of amides is 4. The number of rotatable bonds is 5. The van der Waals surface area contributed by atoms with Crippen LogP contribution in [0.4, 0.5) is 10.5 Å². The second kappa shape index (κ2) is 7.97. The van der Waals surface area contributed by atoms with E-state index in [2.05, 4.69) is 5.32 Å². The summed E-state index contributed by atoms with van der Waals surface area (Å²) in [6.45, 7) is -0.518. The number of hydrogen-bond donors (Lipinski definition) is 3. The predicted molar refractivity (Wildman–Crippen MR) is 104 cm³/mol. The molecule has 4 N–H and O–H groups in total. The van der Waals surface area contributed by atoms with E-state index in [0.29, 0.717) is 17.3 Å². The topological polar surface area (TPSA) is 130 Å². The average molecular weight is 397 g/mol. The number of para-hydroxylation sites is 2. The van der Waals surface area contributed by atoms with Gasteiger partial charge in [0.2, 0.25) is 5.91 Å². The summed E-state index contributed by atoms with van der Waals surface area (Å²) < 4.78 is 0. The van der Waals surface area contributed by atoms with Gasteiger partial charge in [0.05, 0.1) is 16.2 Å². The van der Waals surface area contributed by atoms with Gasteiger partial charge in [-0.1, -0.05) is 30.3 Å². The minimum atomic E-state index is -0.715. The average Bonchev–Trinajstić information content (AvgIpc) is 2.91. The first-order valence-corrected chi connectivity index (χ1v) is 8.90. The van der Waals surface area contributed by atoms with E-state index in [1.54, 1.807) is 30.3 Å². The van der Waals surface area contributed by atoms with Gasteiger partial charge in [-0.3, -0.25) is 24.1 Å². The van der Waals surface area contributed by atoms with Gasteiger partial charge in [0.25, 0.3) is 17.1 Å². The molecule has 0 spiro atoms. The van der Waals surface area contributed by atoms with E-state index < -0.39 is 29.5 Å². The van der Waals surface area contributed by atoms with E-state index in [1.807, 2.05) is 0 Å². The van der Waals surface area contributed by atoms with Crippen molar-refractivity contribution < 1.29 is 24.3 Å². The van der Waals surface area contributed by atoms with E-state index in [9.17, 15) is 24.3 Å². The van der Waals surface area contributed by atoms with E-state index in [4.69, 9.17) is 5.73 Å². The van der Waals surface area contributed by atoms with Gasteiger partial charge < -0.3 is 16.2 Å². The molecule has 2 aromatic carbocycles. The van der Waals surface area contributed by atoms with Crippen LogP contribution in [0.2, 0.25) is 0 Å². The zero-order valence-corrected chi connectivity index (χ0v) is 15.2. The number of benzene rings is 2. The van der Waals surface area contributed by atoms with Crippen molar-refractivity contribution in [2.45, 2.75) is 0 Å². The molecule has 0 saturated carbocycles. The Hall–Kier alpha value is -3.59. The number of imide groups is 1. The highest BCUT2D eigenvalue weighted by atomic mass is 32.2. The molecule has 0 radical (unpaired) electrons. The molecule has 1 aliphatic rings. The summed E-state index contributed by atoms with van der Waals surface area (Å²) in [5, 5.41) is 11.7. The number of phenols is 1. The molecule has 1 fully saturated rings. The number of primary amides is 1. The SMILES string of the molecule is NC(=O)c1ccccc1NC(=O)CN1C(=O)S/C(=C/c2ccccc2O)C1=O. The molecule has 28 heavy (non-hydrogen) atoms. The van der Waals surface area contributed by atoms with Crippen molar-refractivity contribution in [1.82, 2.24) is 4.90 Å². The van der Waals surface area contributed by atoms with Crippen LogP contribution >= 0.6 is 11.8 Å². The van der Waals surface area contributed by atoms with Gasteiger partial charge in [-0.2, -0.15) is 0 Å². The molecule has 1 aliphatic heterocycles. The lowest BCUT2D eigenvalue weighted by molar-refractivity contribution is -0.127. The molecule has 8 nitrogen and oxygen atoms in total. The summed E-state index contributed by atoms with van der Waals surface area (Å²) in [4.78, 5) is 49.2. The number of thioether (sulfide) groups is 1. The fourth-order valence-electron chi connectivity index (χ4n) is 2.53. The van der Waals surface area contributed by atoms with Gasteiger partial charge >= 0.3 is 0 Å². The van der Waals surface area contributed by atoms with Crippen LogP contribution in [0, 0.1) is 0 Å². The van der Waals surface area contributed by atoms with E-state index in [0.717, 1.165) is 4.90 Å². The Morgan fingerprint density at radius 1 is 1.11 bits per heavy atom. The number of anilines is 1. The van der Waals surface area contributed by atoms with Crippen molar-refractivity contribution >= 4 is 46.5 Å². The first-order valence-electron chi connectivity index (χ1n) is 8.09. The van der Waals surface area contributed by atoms with Crippen LogP contribution in [0.3, 0.4) is 0 Å². The lowest BCUT2D eigenvalue weighted by atomic mass is 10.1. The lowest BCUT2D eigenvalue weighted by Gasteiger charge is -2.13. The Bertz CT molecular complexity index is 1020. The van der Waals surface area contributed by atoms with Crippen molar-refractivity contribution in [3.8, 4) is 5.75 Å². The van der Waals surface area contributed by atoms with Crippen molar-refractivity contribution in [3.63, 3.8) is 0 Å². The molecule has 0 atom stereocenters. The molecular weight excluding hydrogens is 382 g/mol. The Kier molecular flexibility index (Phi) is 5.46. The molecule has 1 saturated heterocycles. The summed E-state index contributed by atoms with van der Waals surface area (Å²) >= 11 is 0.675. The molecule has 0 aliphatic carbocycles. The minimum Gasteiger partial charge on any atom is -0.507 e. The molecule has 9 heteroatoms. The highest BCUT2D eigenvalue weighted by Crippen LogP contribution is 2.33.